The zero-order valence-corrected chi connectivity index (χ0v) is 10.9. The maximum atomic E-state index is 5.92. The number of hydrogen-bond acceptors (Lipinski definition) is 5. The lowest BCUT2D eigenvalue weighted by molar-refractivity contribution is -0.229. The largest absolute Gasteiger partial charge is 0.344 e. The molecule has 5 heteroatoms. The molecule has 0 aromatic heterocycles. The van der Waals surface area contributed by atoms with E-state index in [9.17, 15) is 0 Å². The predicted octanol–water partition coefficient (Wildman–Crippen LogP) is 1.40. The Kier molecular flexibility index (Phi) is 2.39. The minimum absolute atomic E-state index is 0.0551. The fraction of sp³-hybridized carbons (Fsp3) is 1.00. The molecule has 2 unspecified atom stereocenters. The molecule has 5 atom stereocenters. The maximum Gasteiger partial charge on any atom is 0.190 e. The molecule has 3 fully saturated rings. The van der Waals surface area contributed by atoms with Crippen LogP contribution in [0.3, 0.4) is 0 Å². The first kappa shape index (κ1) is 11.9. The summed E-state index contributed by atoms with van der Waals surface area (Å²) in [6.07, 6.45) is -0.850. The van der Waals surface area contributed by atoms with Gasteiger partial charge in [-0.2, -0.15) is 0 Å². The summed E-state index contributed by atoms with van der Waals surface area (Å²) < 4.78 is 29.2. The van der Waals surface area contributed by atoms with Crippen LogP contribution in [0.1, 0.15) is 34.6 Å². The summed E-state index contributed by atoms with van der Waals surface area (Å²) >= 11 is 0. The van der Waals surface area contributed by atoms with Crippen molar-refractivity contribution >= 4 is 0 Å². The summed E-state index contributed by atoms with van der Waals surface area (Å²) in [5.41, 5.74) is 0. The van der Waals surface area contributed by atoms with Gasteiger partial charge < -0.3 is 23.7 Å². The van der Waals surface area contributed by atoms with Gasteiger partial charge in [0.2, 0.25) is 0 Å². The van der Waals surface area contributed by atoms with E-state index < -0.39 is 11.6 Å². The fourth-order valence-electron chi connectivity index (χ4n) is 2.81. The van der Waals surface area contributed by atoms with E-state index in [-0.39, 0.29) is 30.7 Å². The standard InChI is InChI=1S/C12H20O5/c1-6-7-8(15-11(2,3)14-7)9-10(13-6)17-12(4,5)16-9/h6-10H,1-5H3/t6?,7-,8?,9+,10+/m1/s1. The Bertz CT molecular complexity index is 327. The van der Waals surface area contributed by atoms with Crippen molar-refractivity contribution in [3.63, 3.8) is 0 Å². The highest BCUT2D eigenvalue weighted by Crippen LogP contribution is 2.43. The van der Waals surface area contributed by atoms with Gasteiger partial charge in [0.25, 0.3) is 0 Å². The summed E-state index contributed by atoms with van der Waals surface area (Å²) in [7, 11) is 0. The number of rotatable bonds is 0. The van der Waals surface area contributed by atoms with Crippen LogP contribution in [0.25, 0.3) is 0 Å². The molecule has 5 nitrogen and oxygen atoms in total. The van der Waals surface area contributed by atoms with Crippen molar-refractivity contribution in [1.82, 2.24) is 0 Å². The second kappa shape index (κ2) is 3.42. The van der Waals surface area contributed by atoms with Crippen LogP contribution in [0.2, 0.25) is 0 Å². The Hall–Kier alpha value is -0.200. The van der Waals surface area contributed by atoms with Crippen molar-refractivity contribution in [2.75, 3.05) is 0 Å². The smallest absolute Gasteiger partial charge is 0.190 e. The van der Waals surface area contributed by atoms with Crippen LogP contribution in [0, 0.1) is 0 Å². The van der Waals surface area contributed by atoms with Crippen LogP contribution in [0.4, 0.5) is 0 Å². The summed E-state index contributed by atoms with van der Waals surface area (Å²) in [4.78, 5) is 0. The number of ether oxygens (including phenoxy) is 5. The Balaban J connectivity index is 1.86. The number of hydrogen-bond donors (Lipinski definition) is 0. The predicted molar refractivity (Wildman–Crippen MR) is 58.2 cm³/mol. The lowest BCUT2D eigenvalue weighted by Crippen LogP contribution is -2.53. The molecule has 17 heavy (non-hydrogen) atoms. The Morgan fingerprint density at radius 3 is 1.94 bits per heavy atom. The van der Waals surface area contributed by atoms with E-state index in [2.05, 4.69) is 0 Å². The molecule has 3 heterocycles. The average Bonchev–Trinajstić information content (AvgIpc) is 2.62. The van der Waals surface area contributed by atoms with Crippen LogP contribution in [-0.4, -0.2) is 42.3 Å². The van der Waals surface area contributed by atoms with Crippen LogP contribution < -0.4 is 0 Å². The van der Waals surface area contributed by atoms with Gasteiger partial charge in [0.15, 0.2) is 17.9 Å². The monoisotopic (exact) mass is 244 g/mol. The van der Waals surface area contributed by atoms with E-state index in [1.807, 2.05) is 34.6 Å². The molecule has 0 saturated carbocycles. The van der Waals surface area contributed by atoms with Gasteiger partial charge >= 0.3 is 0 Å². The van der Waals surface area contributed by atoms with E-state index >= 15 is 0 Å². The average molecular weight is 244 g/mol. The van der Waals surface area contributed by atoms with Gasteiger partial charge in [-0.15, -0.1) is 0 Å². The van der Waals surface area contributed by atoms with E-state index in [1.54, 1.807) is 0 Å². The molecular weight excluding hydrogens is 224 g/mol. The van der Waals surface area contributed by atoms with Gasteiger partial charge in [-0.25, -0.2) is 0 Å². The van der Waals surface area contributed by atoms with Gasteiger partial charge in [0, 0.05) is 0 Å². The molecule has 0 aromatic rings. The van der Waals surface area contributed by atoms with E-state index in [0.717, 1.165) is 0 Å². The molecule has 0 N–H and O–H groups in total. The second-order valence-corrected chi connectivity index (χ2v) is 5.87. The topological polar surface area (TPSA) is 46.2 Å². The van der Waals surface area contributed by atoms with Crippen LogP contribution in [0.5, 0.6) is 0 Å². The van der Waals surface area contributed by atoms with E-state index in [1.165, 1.54) is 0 Å². The maximum absolute atomic E-state index is 5.92. The van der Waals surface area contributed by atoms with Crippen molar-refractivity contribution in [1.29, 1.82) is 0 Å². The highest BCUT2D eigenvalue weighted by atomic mass is 16.9. The normalized spacial score (nSPS) is 51.0. The highest BCUT2D eigenvalue weighted by Gasteiger charge is 2.59. The first-order valence-electron chi connectivity index (χ1n) is 6.14. The van der Waals surface area contributed by atoms with Crippen LogP contribution in [0.15, 0.2) is 0 Å². The van der Waals surface area contributed by atoms with Crippen LogP contribution >= 0.6 is 0 Å². The van der Waals surface area contributed by atoms with Gasteiger partial charge in [0.05, 0.1) is 6.10 Å². The van der Waals surface area contributed by atoms with E-state index in [0.29, 0.717) is 0 Å². The molecule has 0 aromatic carbocycles. The van der Waals surface area contributed by atoms with Crippen molar-refractivity contribution in [3.05, 3.63) is 0 Å². The van der Waals surface area contributed by atoms with Gasteiger partial charge in [-0.1, -0.05) is 0 Å². The first-order valence-corrected chi connectivity index (χ1v) is 6.14. The lowest BCUT2D eigenvalue weighted by Gasteiger charge is -2.35. The zero-order chi connectivity index (χ0) is 12.4. The molecule has 0 aliphatic carbocycles. The van der Waals surface area contributed by atoms with Crippen molar-refractivity contribution < 1.29 is 23.7 Å². The quantitative estimate of drug-likeness (QED) is 0.644. The molecule has 0 amide bonds. The molecule has 3 saturated heterocycles. The van der Waals surface area contributed by atoms with Crippen molar-refractivity contribution in [2.45, 2.75) is 76.9 Å². The van der Waals surface area contributed by atoms with Crippen LogP contribution in [-0.2, 0) is 23.7 Å². The Morgan fingerprint density at radius 2 is 1.24 bits per heavy atom. The van der Waals surface area contributed by atoms with Gasteiger partial charge in [-0.3, -0.25) is 0 Å². The third-order valence-electron chi connectivity index (χ3n) is 3.39. The minimum Gasteiger partial charge on any atom is -0.344 e. The second-order valence-electron chi connectivity index (χ2n) is 5.87. The molecule has 0 bridgehead atoms. The Labute approximate surface area is 101 Å². The fourth-order valence-corrected chi connectivity index (χ4v) is 2.81. The van der Waals surface area contributed by atoms with Crippen molar-refractivity contribution in [2.24, 2.45) is 0 Å². The third-order valence-corrected chi connectivity index (χ3v) is 3.39. The summed E-state index contributed by atoms with van der Waals surface area (Å²) in [5, 5.41) is 0. The molecule has 0 spiro atoms. The molecular formula is C12H20O5. The first-order chi connectivity index (χ1) is 7.77. The molecule has 3 aliphatic heterocycles. The number of fused-ring (bicyclic) bond motifs is 3. The molecule has 0 radical (unpaired) electrons. The third kappa shape index (κ3) is 1.90. The summed E-state index contributed by atoms with van der Waals surface area (Å²) in [5.74, 6) is -1.21. The zero-order valence-electron chi connectivity index (χ0n) is 10.9. The van der Waals surface area contributed by atoms with Gasteiger partial charge in [0.1, 0.15) is 18.3 Å². The summed E-state index contributed by atoms with van der Waals surface area (Å²) in [6, 6.07) is 0. The SMILES string of the molecule is CC1O[C@H]2OC(C)(C)O[C@H]2C2OC(C)(C)O[C@H]12. The molecule has 98 valence electrons. The Morgan fingerprint density at radius 1 is 0.706 bits per heavy atom. The summed E-state index contributed by atoms with van der Waals surface area (Å²) in [6.45, 7) is 9.57. The highest BCUT2D eigenvalue weighted by molar-refractivity contribution is 4.98. The molecule has 3 aliphatic rings. The molecule has 3 rings (SSSR count). The van der Waals surface area contributed by atoms with Gasteiger partial charge in [-0.05, 0) is 34.6 Å². The lowest BCUT2D eigenvalue weighted by atomic mass is 10.0. The minimum atomic E-state index is -0.625. The van der Waals surface area contributed by atoms with Crippen molar-refractivity contribution in [3.8, 4) is 0 Å². The van der Waals surface area contributed by atoms with E-state index in [4.69, 9.17) is 23.7 Å².